The molecule has 3 rings (SSSR count). The molecule has 0 aliphatic heterocycles. The van der Waals surface area contributed by atoms with E-state index >= 15 is 0 Å². The largest absolute Gasteiger partial charge is 0.370 e. The van der Waals surface area contributed by atoms with Crippen LogP contribution in [-0.2, 0) is 0 Å². The molecule has 3 heteroatoms. The number of hydrogen-bond donors (Lipinski definition) is 1. The molecular formula is C18H23N3. The third-order valence-corrected chi connectivity index (χ3v) is 4.26. The summed E-state index contributed by atoms with van der Waals surface area (Å²) >= 11 is 0. The molecule has 1 aromatic carbocycles. The fourth-order valence-electron chi connectivity index (χ4n) is 3.11. The molecular weight excluding hydrogens is 258 g/mol. The van der Waals surface area contributed by atoms with Crippen LogP contribution in [0.1, 0.15) is 49.8 Å². The van der Waals surface area contributed by atoms with E-state index in [0.29, 0.717) is 5.92 Å². The van der Waals surface area contributed by atoms with E-state index in [2.05, 4.69) is 49.5 Å². The van der Waals surface area contributed by atoms with E-state index in [0.717, 1.165) is 23.8 Å². The monoisotopic (exact) mass is 281 g/mol. The average Bonchev–Trinajstić information content (AvgIpc) is 3.02. The number of nitrogens with one attached hydrogen (secondary N) is 1. The highest BCUT2D eigenvalue weighted by Gasteiger charge is 2.20. The highest BCUT2D eigenvalue weighted by molar-refractivity contribution is 5.61. The van der Waals surface area contributed by atoms with Crippen LogP contribution >= 0.6 is 0 Å². The molecule has 1 aromatic heterocycles. The van der Waals surface area contributed by atoms with Crippen molar-refractivity contribution in [1.82, 2.24) is 9.97 Å². The van der Waals surface area contributed by atoms with Crippen molar-refractivity contribution < 1.29 is 0 Å². The Kier molecular flexibility index (Phi) is 4.18. The van der Waals surface area contributed by atoms with Gasteiger partial charge in [0.25, 0.3) is 0 Å². The van der Waals surface area contributed by atoms with Crippen LogP contribution in [0.15, 0.2) is 30.3 Å². The first-order valence-electron chi connectivity index (χ1n) is 7.96. The molecule has 1 aliphatic rings. The zero-order valence-electron chi connectivity index (χ0n) is 12.9. The summed E-state index contributed by atoms with van der Waals surface area (Å²) in [6, 6.07) is 10.5. The summed E-state index contributed by atoms with van der Waals surface area (Å²) < 4.78 is 0. The van der Waals surface area contributed by atoms with Gasteiger partial charge in [-0.05, 0) is 32.3 Å². The molecule has 3 nitrogen and oxygen atoms in total. The Hall–Kier alpha value is -1.90. The molecule has 0 radical (unpaired) electrons. The first-order chi connectivity index (χ1) is 10.3. The lowest BCUT2D eigenvalue weighted by Gasteiger charge is -2.14. The average molecular weight is 281 g/mol. The maximum atomic E-state index is 4.88. The van der Waals surface area contributed by atoms with Crippen LogP contribution in [-0.4, -0.2) is 16.5 Å². The molecule has 21 heavy (non-hydrogen) atoms. The summed E-state index contributed by atoms with van der Waals surface area (Å²) in [7, 11) is 0. The second-order valence-corrected chi connectivity index (χ2v) is 5.83. The van der Waals surface area contributed by atoms with E-state index in [-0.39, 0.29) is 0 Å². The molecule has 2 aromatic rings. The number of benzene rings is 1. The molecule has 1 heterocycles. The van der Waals surface area contributed by atoms with Crippen molar-refractivity contribution in [1.29, 1.82) is 0 Å². The van der Waals surface area contributed by atoms with Crippen LogP contribution in [0.3, 0.4) is 0 Å². The summed E-state index contributed by atoms with van der Waals surface area (Å²) in [5.74, 6) is 2.41. The first-order valence-corrected chi connectivity index (χ1v) is 7.96. The van der Waals surface area contributed by atoms with Crippen molar-refractivity contribution in [2.24, 2.45) is 0 Å². The SMILES string of the molecule is CCNc1cc(C2CCCC2)nc(-c2ccccc2C)n1. The smallest absolute Gasteiger partial charge is 0.162 e. The van der Waals surface area contributed by atoms with E-state index in [1.54, 1.807) is 0 Å². The van der Waals surface area contributed by atoms with Gasteiger partial charge in [-0.2, -0.15) is 0 Å². The van der Waals surface area contributed by atoms with Gasteiger partial charge in [-0.1, -0.05) is 37.1 Å². The number of nitrogens with zero attached hydrogens (tertiary/aromatic N) is 2. The van der Waals surface area contributed by atoms with Gasteiger partial charge < -0.3 is 5.32 Å². The lowest BCUT2D eigenvalue weighted by atomic mass is 10.0. The fraction of sp³-hybridized carbons (Fsp3) is 0.444. The number of aryl methyl sites for hydroxylation is 1. The van der Waals surface area contributed by atoms with Crippen LogP contribution in [0.4, 0.5) is 5.82 Å². The van der Waals surface area contributed by atoms with E-state index in [4.69, 9.17) is 9.97 Å². The van der Waals surface area contributed by atoms with Gasteiger partial charge in [0.05, 0.1) is 0 Å². The van der Waals surface area contributed by atoms with Crippen molar-refractivity contribution in [2.45, 2.75) is 45.4 Å². The second kappa shape index (κ2) is 6.25. The Bertz CT molecular complexity index is 616. The molecule has 1 fully saturated rings. The van der Waals surface area contributed by atoms with Gasteiger partial charge in [-0.3, -0.25) is 0 Å². The summed E-state index contributed by atoms with van der Waals surface area (Å²) in [4.78, 5) is 9.58. The van der Waals surface area contributed by atoms with Crippen molar-refractivity contribution in [3.63, 3.8) is 0 Å². The molecule has 110 valence electrons. The van der Waals surface area contributed by atoms with E-state index in [9.17, 15) is 0 Å². The molecule has 1 aliphatic carbocycles. The molecule has 0 amide bonds. The Morgan fingerprint density at radius 2 is 1.90 bits per heavy atom. The lowest BCUT2D eigenvalue weighted by molar-refractivity contribution is 0.695. The predicted molar refractivity (Wildman–Crippen MR) is 87.6 cm³/mol. The molecule has 0 unspecified atom stereocenters. The molecule has 0 bridgehead atoms. The minimum absolute atomic E-state index is 0.605. The zero-order valence-corrected chi connectivity index (χ0v) is 12.9. The standard InChI is InChI=1S/C18H23N3/c1-3-19-17-12-16(14-9-5-6-10-14)20-18(21-17)15-11-7-4-8-13(15)2/h4,7-8,11-12,14H,3,5-6,9-10H2,1-2H3,(H,19,20,21). The zero-order chi connectivity index (χ0) is 14.7. The first kappa shape index (κ1) is 14.1. The Morgan fingerprint density at radius 1 is 1.14 bits per heavy atom. The van der Waals surface area contributed by atoms with Crippen LogP contribution in [0, 0.1) is 6.92 Å². The molecule has 1 N–H and O–H groups in total. The predicted octanol–water partition coefficient (Wildman–Crippen LogP) is 4.54. The van der Waals surface area contributed by atoms with Gasteiger partial charge in [0, 0.05) is 29.8 Å². The minimum Gasteiger partial charge on any atom is -0.370 e. The fourth-order valence-corrected chi connectivity index (χ4v) is 3.11. The third kappa shape index (κ3) is 3.07. The van der Waals surface area contributed by atoms with Gasteiger partial charge in [-0.15, -0.1) is 0 Å². The molecule has 0 atom stereocenters. The summed E-state index contributed by atoms with van der Waals surface area (Å²) in [6.07, 6.45) is 5.17. The summed E-state index contributed by atoms with van der Waals surface area (Å²) in [6.45, 7) is 5.10. The quantitative estimate of drug-likeness (QED) is 0.894. The van der Waals surface area contributed by atoms with Gasteiger partial charge in [0.1, 0.15) is 5.82 Å². The lowest BCUT2D eigenvalue weighted by Crippen LogP contribution is -2.06. The Balaban J connectivity index is 2.04. The van der Waals surface area contributed by atoms with Crippen molar-refractivity contribution >= 4 is 5.82 Å². The van der Waals surface area contributed by atoms with Crippen LogP contribution in [0.2, 0.25) is 0 Å². The van der Waals surface area contributed by atoms with Crippen molar-refractivity contribution in [2.75, 3.05) is 11.9 Å². The van der Waals surface area contributed by atoms with Crippen molar-refractivity contribution in [3.05, 3.63) is 41.6 Å². The van der Waals surface area contributed by atoms with Gasteiger partial charge in [-0.25, -0.2) is 9.97 Å². The van der Waals surface area contributed by atoms with Gasteiger partial charge in [0.2, 0.25) is 0 Å². The highest BCUT2D eigenvalue weighted by Crippen LogP contribution is 2.34. The summed E-state index contributed by atoms with van der Waals surface area (Å²) in [5.41, 5.74) is 3.57. The van der Waals surface area contributed by atoms with Gasteiger partial charge >= 0.3 is 0 Å². The summed E-state index contributed by atoms with van der Waals surface area (Å²) in [5, 5.41) is 3.35. The van der Waals surface area contributed by atoms with Gasteiger partial charge in [0.15, 0.2) is 5.82 Å². The Labute approximate surface area is 126 Å². The number of anilines is 1. The van der Waals surface area contributed by atoms with Crippen molar-refractivity contribution in [3.8, 4) is 11.4 Å². The van der Waals surface area contributed by atoms with E-state index in [1.165, 1.54) is 36.9 Å². The normalized spacial score (nSPS) is 15.3. The highest BCUT2D eigenvalue weighted by atomic mass is 15.0. The Morgan fingerprint density at radius 3 is 2.62 bits per heavy atom. The number of aromatic nitrogens is 2. The van der Waals surface area contributed by atoms with Crippen LogP contribution in [0.5, 0.6) is 0 Å². The molecule has 1 saturated carbocycles. The maximum absolute atomic E-state index is 4.88. The minimum atomic E-state index is 0.605. The van der Waals surface area contributed by atoms with Crippen LogP contribution < -0.4 is 5.32 Å². The third-order valence-electron chi connectivity index (χ3n) is 4.26. The van der Waals surface area contributed by atoms with Crippen LogP contribution in [0.25, 0.3) is 11.4 Å². The second-order valence-electron chi connectivity index (χ2n) is 5.83. The topological polar surface area (TPSA) is 37.8 Å². The molecule has 0 saturated heterocycles. The molecule has 0 spiro atoms. The number of rotatable bonds is 4. The van der Waals surface area contributed by atoms with E-state index < -0.39 is 0 Å². The maximum Gasteiger partial charge on any atom is 0.162 e. The number of hydrogen-bond acceptors (Lipinski definition) is 3. The van der Waals surface area contributed by atoms with E-state index in [1.807, 2.05) is 0 Å².